The van der Waals surface area contributed by atoms with E-state index in [-0.39, 0.29) is 11.9 Å². The van der Waals surface area contributed by atoms with Crippen molar-refractivity contribution in [2.24, 2.45) is 41.4 Å². The maximum absolute atomic E-state index is 12.6. The van der Waals surface area contributed by atoms with Gasteiger partial charge in [-0.15, -0.1) is 0 Å². The third-order valence-corrected chi connectivity index (χ3v) is 6.22. The molecule has 5 aliphatic carbocycles. The molecule has 0 N–H and O–H groups in total. The first-order valence-electron chi connectivity index (χ1n) is 7.78. The molecule has 5 aliphatic rings. The average Bonchev–Trinajstić information content (AvgIpc) is 2.87. The normalized spacial score (nSPS) is 46.1. The van der Waals surface area contributed by atoms with Crippen molar-refractivity contribution in [2.45, 2.75) is 12.8 Å². The van der Waals surface area contributed by atoms with Gasteiger partial charge < -0.3 is 4.74 Å². The van der Waals surface area contributed by atoms with E-state index in [4.69, 9.17) is 4.74 Å². The molecule has 6 rings (SSSR count). The van der Waals surface area contributed by atoms with E-state index < -0.39 is 0 Å². The third-order valence-electron chi connectivity index (χ3n) is 6.22. The Bertz CT molecular complexity index is 569. The maximum atomic E-state index is 12.6. The summed E-state index contributed by atoms with van der Waals surface area (Å²) in [6, 6.07) is 9.52. The van der Waals surface area contributed by atoms with Gasteiger partial charge in [0.15, 0.2) is 0 Å². The van der Waals surface area contributed by atoms with Crippen LogP contribution in [0.2, 0.25) is 0 Å². The van der Waals surface area contributed by atoms with E-state index in [0.29, 0.717) is 17.6 Å². The van der Waals surface area contributed by atoms with Crippen LogP contribution in [0.25, 0.3) is 0 Å². The molecule has 1 aromatic carbocycles. The van der Waals surface area contributed by atoms with Crippen molar-refractivity contribution < 1.29 is 9.53 Å². The smallest absolute Gasteiger partial charge is 0.314 e. The predicted molar refractivity (Wildman–Crippen MR) is 74.9 cm³/mol. The monoisotopic (exact) mass is 266 g/mol. The minimum atomic E-state index is 0.0330. The average molecular weight is 266 g/mol. The molecule has 0 heterocycles. The number of carbonyl (C=O) groups is 1. The number of para-hydroxylation sites is 1. The predicted octanol–water partition coefficient (Wildman–Crippen LogP) is 3.30. The van der Waals surface area contributed by atoms with Crippen LogP contribution in [-0.2, 0) is 4.79 Å². The molecule has 2 unspecified atom stereocenters. The molecular weight excluding hydrogens is 248 g/mol. The molecule has 0 aromatic heterocycles. The number of ether oxygens (including phenoxy) is 1. The van der Waals surface area contributed by atoms with E-state index >= 15 is 0 Å². The van der Waals surface area contributed by atoms with Crippen LogP contribution in [0.4, 0.5) is 0 Å². The van der Waals surface area contributed by atoms with Gasteiger partial charge >= 0.3 is 5.97 Å². The van der Waals surface area contributed by atoms with Crippen LogP contribution in [0.3, 0.4) is 0 Å². The summed E-state index contributed by atoms with van der Waals surface area (Å²) < 4.78 is 5.64. The van der Waals surface area contributed by atoms with Gasteiger partial charge in [0.25, 0.3) is 0 Å². The van der Waals surface area contributed by atoms with Crippen LogP contribution in [0.1, 0.15) is 12.8 Å². The van der Waals surface area contributed by atoms with Crippen molar-refractivity contribution in [3.8, 4) is 5.75 Å². The Balaban J connectivity index is 1.40. The Morgan fingerprint density at radius 3 is 2.20 bits per heavy atom. The highest BCUT2D eigenvalue weighted by molar-refractivity contribution is 5.78. The first kappa shape index (κ1) is 11.1. The lowest BCUT2D eigenvalue weighted by Crippen LogP contribution is -2.27. The Hall–Kier alpha value is -1.57. The van der Waals surface area contributed by atoms with Crippen LogP contribution < -0.4 is 4.74 Å². The van der Waals surface area contributed by atoms with Crippen LogP contribution in [0.5, 0.6) is 5.75 Å². The highest BCUT2D eigenvalue weighted by Crippen LogP contribution is 2.80. The summed E-state index contributed by atoms with van der Waals surface area (Å²) in [4.78, 5) is 12.6. The molecule has 4 fully saturated rings. The van der Waals surface area contributed by atoms with Crippen LogP contribution in [-0.4, -0.2) is 5.97 Å². The number of benzene rings is 1. The number of hydrogen-bond acceptors (Lipinski definition) is 2. The van der Waals surface area contributed by atoms with Crippen molar-refractivity contribution in [3.05, 3.63) is 42.5 Å². The van der Waals surface area contributed by atoms with Gasteiger partial charge in [-0.3, -0.25) is 4.79 Å². The molecule has 0 saturated heterocycles. The Kier molecular flexibility index (Phi) is 2.09. The number of allylic oxidation sites excluding steroid dienone is 2. The molecule has 7 atom stereocenters. The molecule has 0 spiro atoms. The second-order valence-corrected chi connectivity index (χ2v) is 6.84. The lowest BCUT2D eigenvalue weighted by molar-refractivity contribution is -0.140. The quantitative estimate of drug-likeness (QED) is 0.466. The second kappa shape index (κ2) is 3.75. The summed E-state index contributed by atoms with van der Waals surface area (Å²) in [6.45, 7) is 0. The minimum absolute atomic E-state index is 0.0330. The zero-order valence-corrected chi connectivity index (χ0v) is 11.3. The topological polar surface area (TPSA) is 26.3 Å². The maximum Gasteiger partial charge on any atom is 0.314 e. The number of carbonyl (C=O) groups excluding carboxylic acids is 1. The van der Waals surface area contributed by atoms with Crippen molar-refractivity contribution in [1.82, 2.24) is 0 Å². The van der Waals surface area contributed by atoms with E-state index in [1.807, 2.05) is 30.3 Å². The molecule has 0 aliphatic heterocycles. The number of esters is 1. The highest BCUT2D eigenvalue weighted by atomic mass is 16.5. The van der Waals surface area contributed by atoms with Crippen molar-refractivity contribution in [2.75, 3.05) is 0 Å². The van der Waals surface area contributed by atoms with E-state index in [9.17, 15) is 4.79 Å². The molecule has 0 radical (unpaired) electrons. The summed E-state index contributed by atoms with van der Waals surface area (Å²) in [5.74, 6) is 5.36. The van der Waals surface area contributed by atoms with Crippen molar-refractivity contribution in [3.63, 3.8) is 0 Å². The molecule has 2 heteroatoms. The highest BCUT2D eigenvalue weighted by Gasteiger charge is 2.78. The van der Waals surface area contributed by atoms with Gasteiger partial charge in [0, 0.05) is 0 Å². The lowest BCUT2D eigenvalue weighted by Gasteiger charge is -2.21. The van der Waals surface area contributed by atoms with E-state index in [1.165, 1.54) is 12.8 Å². The first-order chi connectivity index (χ1) is 9.86. The van der Waals surface area contributed by atoms with E-state index in [1.54, 1.807) is 0 Å². The molecule has 0 amide bonds. The number of rotatable bonds is 2. The van der Waals surface area contributed by atoms with Gasteiger partial charge in [0.1, 0.15) is 5.75 Å². The van der Waals surface area contributed by atoms with Gasteiger partial charge in [-0.25, -0.2) is 0 Å². The molecular formula is C18H18O2. The third kappa shape index (κ3) is 1.27. The van der Waals surface area contributed by atoms with E-state index in [2.05, 4.69) is 12.2 Å². The van der Waals surface area contributed by atoms with Crippen LogP contribution in [0, 0.1) is 41.4 Å². The molecule has 4 saturated carbocycles. The summed E-state index contributed by atoms with van der Waals surface area (Å²) >= 11 is 0. The Morgan fingerprint density at radius 2 is 1.55 bits per heavy atom. The molecule has 20 heavy (non-hydrogen) atoms. The fourth-order valence-corrected chi connectivity index (χ4v) is 5.75. The van der Waals surface area contributed by atoms with Crippen LogP contribution in [0.15, 0.2) is 42.5 Å². The summed E-state index contributed by atoms with van der Waals surface area (Å²) in [7, 11) is 0. The first-order valence-corrected chi connectivity index (χ1v) is 7.78. The lowest BCUT2D eigenvalue weighted by atomic mass is 9.85. The fourth-order valence-electron chi connectivity index (χ4n) is 5.75. The van der Waals surface area contributed by atoms with Gasteiger partial charge in [-0.2, -0.15) is 0 Å². The standard InChI is InChI=1S/C18H18O2/c19-18(20-10-6-2-1-3-7-10)17-13-11-8-4-5-9-12(13)15-14(11)16(15)17/h1-7,11-17H,8-9H2/t11-,12+,13?,14+,15-,16?,17-/m1/s1. The molecule has 102 valence electrons. The number of hydrogen-bond donors (Lipinski definition) is 0. The SMILES string of the molecule is O=C(Oc1ccccc1)[C@H]1C2[C@@H]3[C@H]2[C@H]2CC=CC[C@@H]3C12. The van der Waals surface area contributed by atoms with E-state index in [0.717, 1.165) is 23.7 Å². The zero-order valence-electron chi connectivity index (χ0n) is 11.3. The Morgan fingerprint density at radius 1 is 0.900 bits per heavy atom. The largest absolute Gasteiger partial charge is 0.426 e. The Labute approximate surface area is 118 Å². The minimum Gasteiger partial charge on any atom is -0.426 e. The summed E-state index contributed by atoms with van der Waals surface area (Å²) in [6.07, 6.45) is 7.06. The summed E-state index contributed by atoms with van der Waals surface area (Å²) in [5.41, 5.74) is 0. The van der Waals surface area contributed by atoms with Crippen molar-refractivity contribution in [1.29, 1.82) is 0 Å². The second-order valence-electron chi connectivity index (χ2n) is 6.84. The van der Waals surface area contributed by atoms with Crippen LogP contribution >= 0.6 is 0 Å². The molecule has 6 bridgehead atoms. The molecule has 2 nitrogen and oxygen atoms in total. The fraction of sp³-hybridized carbons (Fsp3) is 0.500. The summed E-state index contributed by atoms with van der Waals surface area (Å²) in [5, 5.41) is 0. The molecule has 1 aromatic rings. The van der Waals surface area contributed by atoms with Crippen molar-refractivity contribution >= 4 is 5.97 Å². The van der Waals surface area contributed by atoms with Gasteiger partial charge in [-0.1, -0.05) is 30.4 Å². The van der Waals surface area contributed by atoms with Gasteiger partial charge in [-0.05, 0) is 60.5 Å². The van der Waals surface area contributed by atoms with Gasteiger partial charge in [0.05, 0.1) is 5.92 Å². The zero-order chi connectivity index (χ0) is 13.3. The van der Waals surface area contributed by atoms with Gasteiger partial charge in [0.2, 0.25) is 0 Å².